The minimum atomic E-state index is -0.956. The summed E-state index contributed by atoms with van der Waals surface area (Å²) in [6, 6.07) is 7.51. The van der Waals surface area contributed by atoms with Crippen molar-refractivity contribution in [2.75, 3.05) is 6.61 Å². The van der Waals surface area contributed by atoms with Gasteiger partial charge in [-0.05, 0) is 26.0 Å². The Morgan fingerprint density at radius 1 is 1.50 bits per heavy atom. The normalized spacial score (nSPS) is 10.8. The molecule has 0 fully saturated rings. The van der Waals surface area contributed by atoms with Gasteiger partial charge in [0.05, 0.1) is 11.1 Å². The number of nitrogens with zero attached hydrogens (tertiary/aromatic N) is 3. The maximum atomic E-state index is 9.57. The molecule has 0 aliphatic rings. The number of nitriles is 1. The third-order valence-corrected chi connectivity index (χ3v) is 2.18. The maximum Gasteiger partial charge on any atom is 0.252 e. The largest absolute Gasteiger partial charge is 0.473 e. The number of hydrogen-bond donors (Lipinski definition) is 1. The fourth-order valence-corrected chi connectivity index (χ4v) is 1.43. The van der Waals surface area contributed by atoms with Gasteiger partial charge in [0.15, 0.2) is 0 Å². The fourth-order valence-electron chi connectivity index (χ4n) is 1.43. The van der Waals surface area contributed by atoms with E-state index in [2.05, 4.69) is 11.2 Å². The standard InChI is InChI=1S/C12H13N3O2.ClH/c1-12(2,16)8-17-11-9(7-13)10-5-3-4-6-15(10)14-11;/h3-6,16H,8H2,1-2H3;1H. The molecule has 0 radical (unpaired) electrons. The van der Waals surface area contributed by atoms with Gasteiger partial charge in [-0.3, -0.25) is 0 Å². The predicted octanol–water partition coefficient (Wildman–Crippen LogP) is 1.78. The molecule has 0 saturated heterocycles. The van der Waals surface area contributed by atoms with Gasteiger partial charge < -0.3 is 9.84 Å². The highest BCUT2D eigenvalue weighted by atomic mass is 35.5. The van der Waals surface area contributed by atoms with E-state index in [-0.39, 0.29) is 24.9 Å². The van der Waals surface area contributed by atoms with Gasteiger partial charge in [-0.2, -0.15) is 5.26 Å². The molecule has 0 unspecified atom stereocenters. The highest BCUT2D eigenvalue weighted by Gasteiger charge is 2.18. The topological polar surface area (TPSA) is 70.6 Å². The van der Waals surface area contributed by atoms with Crippen molar-refractivity contribution in [2.45, 2.75) is 19.4 Å². The van der Waals surface area contributed by atoms with Crippen molar-refractivity contribution in [3.8, 4) is 11.9 Å². The van der Waals surface area contributed by atoms with Crippen LogP contribution in [0.2, 0.25) is 0 Å². The van der Waals surface area contributed by atoms with Gasteiger partial charge in [0.1, 0.15) is 18.2 Å². The first kappa shape index (κ1) is 14.3. The lowest BCUT2D eigenvalue weighted by Gasteiger charge is -2.16. The van der Waals surface area contributed by atoms with Gasteiger partial charge in [0, 0.05) is 6.20 Å². The predicted molar refractivity (Wildman–Crippen MR) is 68.9 cm³/mol. The van der Waals surface area contributed by atoms with E-state index in [9.17, 15) is 5.11 Å². The van der Waals surface area contributed by atoms with Crippen LogP contribution in [0, 0.1) is 11.3 Å². The maximum absolute atomic E-state index is 9.57. The Bertz CT molecular complexity index is 581. The molecule has 0 aliphatic heterocycles. The zero-order valence-electron chi connectivity index (χ0n) is 10.1. The number of ether oxygens (including phenoxy) is 1. The Kier molecular flexibility index (Phi) is 4.17. The van der Waals surface area contributed by atoms with E-state index in [1.807, 2.05) is 12.1 Å². The third-order valence-electron chi connectivity index (χ3n) is 2.18. The van der Waals surface area contributed by atoms with Crippen molar-refractivity contribution in [1.82, 2.24) is 9.61 Å². The summed E-state index contributed by atoms with van der Waals surface area (Å²) in [5, 5.41) is 22.8. The minimum absolute atomic E-state index is 0. The molecule has 96 valence electrons. The summed E-state index contributed by atoms with van der Waals surface area (Å²) in [6.45, 7) is 3.36. The number of rotatable bonds is 3. The third kappa shape index (κ3) is 2.92. The number of pyridine rings is 1. The summed E-state index contributed by atoms with van der Waals surface area (Å²) >= 11 is 0. The van der Waals surface area contributed by atoms with Crippen molar-refractivity contribution in [3.63, 3.8) is 0 Å². The summed E-state index contributed by atoms with van der Waals surface area (Å²) in [5.41, 5.74) is 0.123. The molecule has 0 aromatic carbocycles. The highest BCUT2D eigenvalue weighted by molar-refractivity contribution is 5.85. The van der Waals surface area contributed by atoms with E-state index in [1.165, 1.54) is 0 Å². The summed E-state index contributed by atoms with van der Waals surface area (Å²) in [6.07, 6.45) is 1.74. The van der Waals surface area contributed by atoms with Crippen LogP contribution >= 0.6 is 12.4 Å². The Balaban J connectivity index is 0.00000162. The Hall–Kier alpha value is -1.77. The van der Waals surface area contributed by atoms with Crippen molar-refractivity contribution >= 4 is 17.9 Å². The quantitative estimate of drug-likeness (QED) is 0.920. The SMILES string of the molecule is CC(C)(O)COc1nn2ccccc2c1C#N.Cl. The average molecular weight is 268 g/mol. The monoisotopic (exact) mass is 267 g/mol. The van der Waals surface area contributed by atoms with Crippen LogP contribution in [0.5, 0.6) is 5.88 Å². The van der Waals surface area contributed by atoms with Crippen LogP contribution in [0.25, 0.3) is 5.52 Å². The summed E-state index contributed by atoms with van der Waals surface area (Å²) in [5.74, 6) is 0.251. The molecule has 0 saturated carbocycles. The molecule has 0 spiro atoms. The lowest BCUT2D eigenvalue weighted by Crippen LogP contribution is -2.28. The number of hydrogen-bond acceptors (Lipinski definition) is 4. The molecule has 2 aromatic heterocycles. The summed E-state index contributed by atoms with van der Waals surface area (Å²) in [7, 11) is 0. The van der Waals surface area contributed by atoms with Crippen LogP contribution in [0.1, 0.15) is 19.4 Å². The first-order chi connectivity index (χ1) is 8.01. The second-order valence-electron chi connectivity index (χ2n) is 4.42. The Morgan fingerprint density at radius 2 is 2.22 bits per heavy atom. The first-order valence-corrected chi connectivity index (χ1v) is 5.24. The van der Waals surface area contributed by atoms with Crippen LogP contribution < -0.4 is 4.74 Å². The van der Waals surface area contributed by atoms with E-state index in [0.717, 1.165) is 0 Å². The highest BCUT2D eigenvalue weighted by Crippen LogP contribution is 2.22. The molecular weight excluding hydrogens is 254 g/mol. The molecule has 0 bridgehead atoms. The molecule has 0 atom stereocenters. The molecule has 2 heterocycles. The Morgan fingerprint density at radius 3 is 2.83 bits per heavy atom. The Labute approximate surface area is 111 Å². The van der Waals surface area contributed by atoms with Gasteiger partial charge in [-0.15, -0.1) is 17.5 Å². The van der Waals surface area contributed by atoms with Crippen LogP contribution in [0.15, 0.2) is 24.4 Å². The van der Waals surface area contributed by atoms with Gasteiger partial charge in [-0.1, -0.05) is 6.07 Å². The molecule has 1 N–H and O–H groups in total. The lowest BCUT2D eigenvalue weighted by atomic mass is 10.2. The number of fused-ring (bicyclic) bond motifs is 1. The second-order valence-corrected chi connectivity index (χ2v) is 4.42. The summed E-state index contributed by atoms with van der Waals surface area (Å²) in [4.78, 5) is 0. The van der Waals surface area contributed by atoms with E-state index >= 15 is 0 Å². The zero-order chi connectivity index (χ0) is 12.5. The van der Waals surface area contributed by atoms with Crippen LogP contribution in [-0.2, 0) is 0 Å². The average Bonchev–Trinajstić information content (AvgIpc) is 2.63. The molecule has 2 rings (SSSR count). The fraction of sp³-hybridized carbons (Fsp3) is 0.333. The van der Waals surface area contributed by atoms with Crippen LogP contribution in [-0.4, -0.2) is 26.9 Å². The lowest BCUT2D eigenvalue weighted by molar-refractivity contribution is 0.0266. The van der Waals surface area contributed by atoms with Crippen molar-refractivity contribution in [3.05, 3.63) is 30.0 Å². The van der Waals surface area contributed by atoms with E-state index in [1.54, 1.807) is 30.6 Å². The molecule has 0 aliphatic carbocycles. The number of halogens is 1. The molecule has 18 heavy (non-hydrogen) atoms. The zero-order valence-corrected chi connectivity index (χ0v) is 10.9. The molecule has 2 aromatic rings. The molecule has 0 amide bonds. The second kappa shape index (κ2) is 5.25. The van der Waals surface area contributed by atoms with E-state index in [0.29, 0.717) is 11.1 Å². The van der Waals surface area contributed by atoms with Crippen LogP contribution in [0.4, 0.5) is 0 Å². The smallest absolute Gasteiger partial charge is 0.252 e. The van der Waals surface area contributed by atoms with Crippen molar-refractivity contribution in [1.29, 1.82) is 5.26 Å². The molecular formula is C12H14ClN3O2. The van der Waals surface area contributed by atoms with Gasteiger partial charge in [0.25, 0.3) is 5.88 Å². The number of aromatic nitrogens is 2. The van der Waals surface area contributed by atoms with E-state index in [4.69, 9.17) is 10.00 Å². The van der Waals surface area contributed by atoms with Crippen molar-refractivity contribution < 1.29 is 9.84 Å². The van der Waals surface area contributed by atoms with Gasteiger partial charge in [-0.25, -0.2) is 4.52 Å². The van der Waals surface area contributed by atoms with Gasteiger partial charge >= 0.3 is 0 Å². The minimum Gasteiger partial charge on any atom is -0.473 e. The number of aliphatic hydroxyl groups is 1. The molecule has 5 nitrogen and oxygen atoms in total. The molecule has 6 heteroatoms. The summed E-state index contributed by atoms with van der Waals surface area (Å²) < 4.78 is 6.95. The van der Waals surface area contributed by atoms with Gasteiger partial charge in [0.2, 0.25) is 0 Å². The first-order valence-electron chi connectivity index (χ1n) is 5.24. The van der Waals surface area contributed by atoms with E-state index < -0.39 is 5.60 Å². The van der Waals surface area contributed by atoms with Crippen molar-refractivity contribution in [2.24, 2.45) is 0 Å². The van der Waals surface area contributed by atoms with Crippen LogP contribution in [0.3, 0.4) is 0 Å².